The molecule has 0 amide bonds. The smallest absolute Gasteiger partial charge is 0.187 e. The van der Waals surface area contributed by atoms with Crippen molar-refractivity contribution in [1.82, 2.24) is 19.9 Å². The summed E-state index contributed by atoms with van der Waals surface area (Å²) < 4.78 is 33.2. The van der Waals surface area contributed by atoms with E-state index >= 15 is 0 Å². The van der Waals surface area contributed by atoms with Gasteiger partial charge in [-0.15, -0.1) is 0 Å². The summed E-state index contributed by atoms with van der Waals surface area (Å²) >= 11 is 0. The van der Waals surface area contributed by atoms with Crippen molar-refractivity contribution < 1.29 is 28.4 Å². The van der Waals surface area contributed by atoms with Gasteiger partial charge in [0, 0.05) is 31.0 Å². The quantitative estimate of drug-likeness (QED) is 0.276. The van der Waals surface area contributed by atoms with Crippen molar-refractivity contribution in [2.75, 3.05) is 58.9 Å². The first-order valence-corrected chi connectivity index (χ1v) is 15.1. The summed E-state index contributed by atoms with van der Waals surface area (Å²) in [7, 11) is 8.53. The Bertz CT molecular complexity index is 1650. The third kappa shape index (κ3) is 5.96. The Morgan fingerprint density at radius 2 is 1.40 bits per heavy atom. The molecule has 2 aliphatic rings. The molecular weight excluding hydrogens is 576 g/mol. The number of likely N-dealkylation sites (N-methyl/N-ethyl adjacent to an activating group) is 1. The second-order valence-electron chi connectivity index (χ2n) is 11.9. The van der Waals surface area contributed by atoms with Crippen LogP contribution in [0.4, 0.5) is 11.6 Å². The standard InChI is InChI=1S/C17H23N3O3.C16H21N3O3/c1-11-17(2,8-9-23-11)20(3)16-12-6-7-13(21-4)15(22-5)14(12)18-10-19-16;1-16(2)12(7-8-22-16)19-15-10-5-6-11(20-3)14(21-4)13(10)17-9-18-15/h6-7,10-11H,8-9H2,1-5H3;5-6,9,12H,7-8H2,1-4H3,(H,17,18,19). The van der Waals surface area contributed by atoms with Crippen LogP contribution in [-0.2, 0) is 9.47 Å². The lowest BCUT2D eigenvalue weighted by Crippen LogP contribution is -2.49. The van der Waals surface area contributed by atoms with Crippen molar-refractivity contribution in [3.8, 4) is 23.0 Å². The number of hydrogen-bond acceptors (Lipinski definition) is 12. The summed E-state index contributed by atoms with van der Waals surface area (Å²) in [5.41, 5.74) is 1.16. The fourth-order valence-electron chi connectivity index (χ4n) is 6.06. The van der Waals surface area contributed by atoms with Gasteiger partial charge >= 0.3 is 0 Å². The molecule has 45 heavy (non-hydrogen) atoms. The molecule has 0 saturated carbocycles. The molecule has 12 heteroatoms. The zero-order valence-electron chi connectivity index (χ0n) is 27.6. The number of rotatable bonds is 8. The van der Waals surface area contributed by atoms with Gasteiger partial charge in [-0.3, -0.25) is 0 Å². The largest absolute Gasteiger partial charge is 0.493 e. The average molecular weight is 621 g/mol. The average Bonchev–Trinajstić information content (AvgIpc) is 3.58. The molecule has 2 fully saturated rings. The normalized spacial score (nSPS) is 22.1. The molecule has 2 aromatic carbocycles. The molecule has 12 nitrogen and oxygen atoms in total. The maximum absolute atomic E-state index is 5.77. The van der Waals surface area contributed by atoms with Gasteiger partial charge in [0.25, 0.3) is 0 Å². The zero-order valence-corrected chi connectivity index (χ0v) is 27.6. The van der Waals surface area contributed by atoms with Crippen LogP contribution < -0.4 is 29.2 Å². The van der Waals surface area contributed by atoms with E-state index in [-0.39, 0.29) is 23.3 Å². The van der Waals surface area contributed by atoms with Crippen molar-refractivity contribution >= 4 is 33.4 Å². The van der Waals surface area contributed by atoms with Gasteiger partial charge in [-0.1, -0.05) is 0 Å². The maximum Gasteiger partial charge on any atom is 0.187 e. The van der Waals surface area contributed by atoms with Gasteiger partial charge in [-0.2, -0.15) is 0 Å². The highest BCUT2D eigenvalue weighted by atomic mass is 16.5. The molecule has 0 spiro atoms. The highest BCUT2D eigenvalue weighted by Crippen LogP contribution is 2.41. The van der Waals surface area contributed by atoms with Gasteiger partial charge in [0.1, 0.15) is 35.3 Å². The van der Waals surface area contributed by atoms with E-state index in [0.717, 1.165) is 59.5 Å². The second-order valence-corrected chi connectivity index (χ2v) is 11.9. The van der Waals surface area contributed by atoms with Gasteiger partial charge in [0.2, 0.25) is 0 Å². The number of fused-ring (bicyclic) bond motifs is 2. The number of benzene rings is 2. The number of hydrogen-bond donors (Lipinski definition) is 1. The number of methoxy groups -OCH3 is 4. The van der Waals surface area contributed by atoms with Gasteiger partial charge in [0.15, 0.2) is 23.0 Å². The Balaban J connectivity index is 0.000000178. The van der Waals surface area contributed by atoms with Crippen molar-refractivity contribution in [1.29, 1.82) is 0 Å². The Labute approximate surface area is 264 Å². The van der Waals surface area contributed by atoms with Crippen molar-refractivity contribution in [2.24, 2.45) is 0 Å². The molecule has 4 heterocycles. The first kappa shape index (κ1) is 32.2. The lowest BCUT2D eigenvalue weighted by molar-refractivity contribution is 0.0314. The molecule has 6 rings (SSSR count). The van der Waals surface area contributed by atoms with Gasteiger partial charge in [-0.05, 0) is 64.8 Å². The summed E-state index contributed by atoms with van der Waals surface area (Å²) in [5.74, 6) is 4.22. The van der Waals surface area contributed by atoms with Gasteiger partial charge in [0.05, 0.1) is 51.7 Å². The third-order valence-electron chi connectivity index (χ3n) is 9.24. The molecular formula is C33H44N6O6. The van der Waals surface area contributed by atoms with Crippen molar-refractivity contribution in [2.45, 2.75) is 63.8 Å². The Morgan fingerprint density at radius 3 is 1.93 bits per heavy atom. The SMILES string of the molecule is COc1ccc2c(N(C)C3(C)CCOC3C)ncnc2c1OC.COc1ccc2c(NC3CCOC3(C)C)ncnc2c1OC. The van der Waals surface area contributed by atoms with Crippen molar-refractivity contribution in [3.05, 3.63) is 36.9 Å². The molecule has 0 bridgehead atoms. The van der Waals surface area contributed by atoms with E-state index in [2.05, 4.69) is 64.9 Å². The van der Waals surface area contributed by atoms with Crippen LogP contribution in [0, 0.1) is 0 Å². The monoisotopic (exact) mass is 620 g/mol. The van der Waals surface area contributed by atoms with Crippen molar-refractivity contribution in [3.63, 3.8) is 0 Å². The van der Waals surface area contributed by atoms with Crippen LogP contribution in [0.25, 0.3) is 21.8 Å². The van der Waals surface area contributed by atoms with Gasteiger partial charge < -0.3 is 38.6 Å². The molecule has 3 unspecified atom stereocenters. The Kier molecular flexibility index (Phi) is 9.36. The first-order valence-electron chi connectivity index (χ1n) is 15.1. The third-order valence-corrected chi connectivity index (χ3v) is 9.24. The molecule has 0 radical (unpaired) electrons. The molecule has 1 N–H and O–H groups in total. The van der Waals surface area contributed by atoms with E-state index < -0.39 is 0 Å². The molecule has 0 aliphatic carbocycles. The molecule has 2 aliphatic heterocycles. The Hall–Kier alpha value is -4.16. The second kappa shape index (κ2) is 13.1. The van der Waals surface area contributed by atoms with Crippen LogP contribution in [0.2, 0.25) is 0 Å². The fourth-order valence-corrected chi connectivity index (χ4v) is 6.06. The summed E-state index contributed by atoms with van der Waals surface area (Å²) in [6.45, 7) is 10.0. The summed E-state index contributed by atoms with van der Waals surface area (Å²) in [6, 6.07) is 7.89. The minimum atomic E-state index is -0.214. The first-order chi connectivity index (χ1) is 21.6. The topological polar surface area (TPSA) is 122 Å². The minimum Gasteiger partial charge on any atom is -0.493 e. The van der Waals surface area contributed by atoms with Crippen LogP contribution in [0.3, 0.4) is 0 Å². The van der Waals surface area contributed by atoms with E-state index in [1.165, 1.54) is 6.33 Å². The van der Waals surface area contributed by atoms with Gasteiger partial charge in [-0.25, -0.2) is 19.9 Å². The van der Waals surface area contributed by atoms with Crippen LogP contribution >= 0.6 is 0 Å². The highest BCUT2D eigenvalue weighted by molar-refractivity contribution is 5.96. The van der Waals surface area contributed by atoms with Crippen LogP contribution in [-0.4, -0.2) is 91.9 Å². The summed E-state index contributed by atoms with van der Waals surface area (Å²) in [4.78, 5) is 19.9. The van der Waals surface area contributed by atoms with E-state index in [9.17, 15) is 0 Å². The van der Waals surface area contributed by atoms with Crippen LogP contribution in [0.5, 0.6) is 23.0 Å². The van der Waals surface area contributed by atoms with Crippen LogP contribution in [0.1, 0.15) is 40.5 Å². The summed E-state index contributed by atoms with van der Waals surface area (Å²) in [6.07, 6.45) is 5.16. The lowest BCUT2D eigenvalue weighted by atomic mass is 9.92. The number of nitrogens with one attached hydrogen (secondary N) is 1. The highest BCUT2D eigenvalue weighted by Gasteiger charge is 2.42. The molecule has 3 atom stereocenters. The molecule has 2 saturated heterocycles. The van der Waals surface area contributed by atoms with E-state index in [1.807, 2.05) is 24.3 Å². The summed E-state index contributed by atoms with van der Waals surface area (Å²) in [5, 5.41) is 5.33. The number of nitrogens with zero attached hydrogens (tertiary/aromatic N) is 5. The molecule has 2 aromatic heterocycles. The van der Waals surface area contributed by atoms with Crippen LogP contribution in [0.15, 0.2) is 36.9 Å². The number of ether oxygens (including phenoxy) is 6. The zero-order chi connectivity index (χ0) is 32.4. The minimum absolute atomic E-state index is 0.103. The predicted octanol–water partition coefficient (Wildman–Crippen LogP) is 5.28. The lowest BCUT2D eigenvalue weighted by Gasteiger charge is -2.39. The predicted molar refractivity (Wildman–Crippen MR) is 174 cm³/mol. The van der Waals surface area contributed by atoms with E-state index in [4.69, 9.17) is 28.4 Å². The molecule has 4 aromatic rings. The molecule has 242 valence electrons. The fraction of sp³-hybridized carbons (Fsp3) is 0.515. The van der Waals surface area contributed by atoms with E-state index in [0.29, 0.717) is 23.0 Å². The number of anilines is 2. The number of aromatic nitrogens is 4. The Morgan fingerprint density at radius 1 is 0.800 bits per heavy atom. The van der Waals surface area contributed by atoms with E-state index in [1.54, 1.807) is 34.8 Å². The maximum atomic E-state index is 5.77.